The molecule has 80 valence electrons. The number of nitrogens with zero attached hydrogens (tertiary/aromatic N) is 1. The van der Waals surface area contributed by atoms with E-state index in [0.29, 0.717) is 12.1 Å². The van der Waals surface area contributed by atoms with Crippen LogP contribution in [0.2, 0.25) is 0 Å². The molecule has 15 heavy (non-hydrogen) atoms. The van der Waals surface area contributed by atoms with E-state index in [-0.39, 0.29) is 0 Å². The highest BCUT2D eigenvalue weighted by Crippen LogP contribution is 2.39. The van der Waals surface area contributed by atoms with Crippen LogP contribution in [-0.4, -0.2) is 25.7 Å². The summed E-state index contributed by atoms with van der Waals surface area (Å²) in [5, 5.41) is 0. The number of rotatable bonds is 1. The number of anilines is 1. The number of methoxy groups -OCH3 is 1. The van der Waals surface area contributed by atoms with E-state index in [0.717, 1.165) is 25.1 Å². The van der Waals surface area contributed by atoms with Crippen molar-refractivity contribution in [3.8, 4) is 5.75 Å². The molecule has 0 saturated carbocycles. The molecule has 0 radical (unpaired) electrons. The van der Waals surface area contributed by atoms with Gasteiger partial charge in [0.25, 0.3) is 0 Å². The fourth-order valence-electron chi connectivity index (χ4n) is 2.77. The summed E-state index contributed by atoms with van der Waals surface area (Å²) in [5.41, 5.74) is 8.84. The van der Waals surface area contributed by atoms with E-state index >= 15 is 0 Å². The number of fused-ring (bicyclic) bond motifs is 3. The zero-order chi connectivity index (χ0) is 10.4. The Morgan fingerprint density at radius 2 is 2.33 bits per heavy atom. The molecule has 0 amide bonds. The normalized spacial score (nSPS) is 27.7. The van der Waals surface area contributed by atoms with Crippen LogP contribution >= 0.6 is 0 Å². The minimum atomic E-state index is 0.336. The van der Waals surface area contributed by atoms with Crippen LogP contribution in [0.3, 0.4) is 0 Å². The topological polar surface area (TPSA) is 38.5 Å². The number of hydrogen-bond donors (Lipinski definition) is 1. The number of nitrogens with two attached hydrogens (primary N) is 1. The highest BCUT2D eigenvalue weighted by atomic mass is 16.5. The maximum atomic E-state index is 6.10. The van der Waals surface area contributed by atoms with Crippen molar-refractivity contribution >= 4 is 5.69 Å². The number of hydrogen-bond acceptors (Lipinski definition) is 3. The third-order valence-electron chi connectivity index (χ3n) is 3.63. The van der Waals surface area contributed by atoms with Crippen molar-refractivity contribution in [2.24, 2.45) is 5.73 Å². The molecular formula is C12H16N2O. The van der Waals surface area contributed by atoms with Crippen molar-refractivity contribution in [3.63, 3.8) is 0 Å². The largest absolute Gasteiger partial charge is 0.497 e. The van der Waals surface area contributed by atoms with Crippen LogP contribution in [0.4, 0.5) is 5.69 Å². The quantitative estimate of drug-likeness (QED) is 0.746. The maximum Gasteiger partial charge on any atom is 0.120 e. The molecule has 2 heterocycles. The van der Waals surface area contributed by atoms with E-state index < -0.39 is 0 Å². The Hall–Kier alpha value is -1.22. The smallest absolute Gasteiger partial charge is 0.120 e. The van der Waals surface area contributed by atoms with Gasteiger partial charge in [0.1, 0.15) is 5.75 Å². The van der Waals surface area contributed by atoms with Crippen LogP contribution in [-0.2, 0) is 6.42 Å². The van der Waals surface area contributed by atoms with Gasteiger partial charge in [0.05, 0.1) is 7.11 Å². The van der Waals surface area contributed by atoms with Gasteiger partial charge in [-0.1, -0.05) is 6.07 Å². The van der Waals surface area contributed by atoms with Crippen LogP contribution in [0.25, 0.3) is 0 Å². The lowest BCUT2D eigenvalue weighted by Gasteiger charge is -2.20. The van der Waals surface area contributed by atoms with E-state index in [9.17, 15) is 0 Å². The molecule has 0 aromatic heterocycles. The molecule has 1 saturated heterocycles. The lowest BCUT2D eigenvalue weighted by Crippen LogP contribution is -2.36. The molecule has 2 aliphatic rings. The van der Waals surface area contributed by atoms with Gasteiger partial charge in [-0.2, -0.15) is 0 Å². The SMILES string of the molecule is COc1ccc2c(c1)N1CCC(N)C1C2. The summed E-state index contributed by atoms with van der Waals surface area (Å²) in [6.45, 7) is 1.09. The van der Waals surface area contributed by atoms with E-state index in [1.807, 2.05) is 6.07 Å². The summed E-state index contributed by atoms with van der Waals surface area (Å²) in [6, 6.07) is 7.19. The molecule has 2 atom stereocenters. The highest BCUT2D eigenvalue weighted by Gasteiger charge is 2.38. The lowest BCUT2D eigenvalue weighted by atomic mass is 10.0. The Morgan fingerprint density at radius 1 is 1.47 bits per heavy atom. The molecule has 2 N–H and O–H groups in total. The average molecular weight is 204 g/mol. The van der Waals surface area contributed by atoms with Gasteiger partial charge in [-0.3, -0.25) is 0 Å². The van der Waals surface area contributed by atoms with Crippen molar-refractivity contribution in [1.82, 2.24) is 0 Å². The van der Waals surface area contributed by atoms with Gasteiger partial charge in [0.15, 0.2) is 0 Å². The van der Waals surface area contributed by atoms with Crippen LogP contribution in [0.5, 0.6) is 5.75 Å². The molecule has 3 nitrogen and oxygen atoms in total. The zero-order valence-electron chi connectivity index (χ0n) is 8.94. The Kier molecular flexibility index (Phi) is 1.89. The Balaban J connectivity index is 2.01. The minimum absolute atomic E-state index is 0.336. The van der Waals surface area contributed by atoms with E-state index in [4.69, 9.17) is 10.5 Å². The second-order valence-electron chi connectivity index (χ2n) is 4.41. The Labute approximate surface area is 89.8 Å². The fourth-order valence-corrected chi connectivity index (χ4v) is 2.77. The molecule has 3 rings (SSSR count). The molecule has 1 aromatic carbocycles. The number of benzene rings is 1. The van der Waals surface area contributed by atoms with Gasteiger partial charge in [0, 0.05) is 30.4 Å². The first-order valence-corrected chi connectivity index (χ1v) is 5.49. The summed E-state index contributed by atoms with van der Waals surface area (Å²) in [6.07, 6.45) is 2.21. The van der Waals surface area contributed by atoms with Gasteiger partial charge in [-0.25, -0.2) is 0 Å². The first kappa shape index (κ1) is 9.04. The van der Waals surface area contributed by atoms with E-state index in [1.54, 1.807) is 7.11 Å². The summed E-state index contributed by atoms with van der Waals surface area (Å²) in [5.74, 6) is 0.940. The van der Waals surface area contributed by atoms with Gasteiger partial charge in [-0.15, -0.1) is 0 Å². The molecule has 2 unspecified atom stereocenters. The van der Waals surface area contributed by atoms with Gasteiger partial charge >= 0.3 is 0 Å². The molecular weight excluding hydrogens is 188 g/mol. The van der Waals surface area contributed by atoms with Crippen LogP contribution < -0.4 is 15.4 Å². The van der Waals surface area contributed by atoms with Gasteiger partial charge < -0.3 is 15.4 Å². The summed E-state index contributed by atoms with van der Waals surface area (Å²) in [7, 11) is 1.71. The first-order chi connectivity index (χ1) is 7.29. The van der Waals surface area contributed by atoms with Crippen molar-refractivity contribution in [3.05, 3.63) is 23.8 Å². The third-order valence-corrected chi connectivity index (χ3v) is 3.63. The first-order valence-electron chi connectivity index (χ1n) is 5.49. The van der Waals surface area contributed by atoms with Crippen molar-refractivity contribution < 1.29 is 4.74 Å². The van der Waals surface area contributed by atoms with Crippen LogP contribution in [0.15, 0.2) is 18.2 Å². The van der Waals surface area contributed by atoms with Crippen molar-refractivity contribution in [1.29, 1.82) is 0 Å². The zero-order valence-corrected chi connectivity index (χ0v) is 8.94. The fraction of sp³-hybridized carbons (Fsp3) is 0.500. The molecule has 3 heteroatoms. The monoisotopic (exact) mass is 204 g/mol. The van der Waals surface area contributed by atoms with Gasteiger partial charge in [0.2, 0.25) is 0 Å². The van der Waals surface area contributed by atoms with Crippen LogP contribution in [0.1, 0.15) is 12.0 Å². The maximum absolute atomic E-state index is 6.10. The second kappa shape index (κ2) is 3.14. The molecule has 1 aromatic rings. The minimum Gasteiger partial charge on any atom is -0.497 e. The second-order valence-corrected chi connectivity index (χ2v) is 4.41. The standard InChI is InChI=1S/C12H16N2O/c1-15-9-3-2-8-6-12-10(13)4-5-14(12)11(8)7-9/h2-3,7,10,12H,4-6,13H2,1H3. The molecule has 0 spiro atoms. The van der Waals surface area contributed by atoms with E-state index in [1.165, 1.54) is 11.3 Å². The molecule has 0 aliphatic carbocycles. The van der Waals surface area contributed by atoms with Gasteiger partial charge in [-0.05, 0) is 24.5 Å². The predicted molar refractivity (Wildman–Crippen MR) is 60.4 cm³/mol. The summed E-state index contributed by atoms with van der Waals surface area (Å²) >= 11 is 0. The Morgan fingerprint density at radius 3 is 3.13 bits per heavy atom. The highest BCUT2D eigenvalue weighted by molar-refractivity contribution is 5.63. The predicted octanol–water partition coefficient (Wildman–Crippen LogP) is 1.16. The van der Waals surface area contributed by atoms with E-state index in [2.05, 4.69) is 17.0 Å². The Bertz CT molecular complexity index is 391. The molecule has 1 fully saturated rings. The average Bonchev–Trinajstić information content (AvgIpc) is 2.78. The number of ether oxygens (including phenoxy) is 1. The van der Waals surface area contributed by atoms with Crippen LogP contribution in [0, 0.1) is 0 Å². The summed E-state index contributed by atoms with van der Waals surface area (Å²) < 4.78 is 5.26. The molecule has 2 aliphatic heterocycles. The van der Waals surface area contributed by atoms with Crippen molar-refractivity contribution in [2.45, 2.75) is 24.9 Å². The molecule has 0 bridgehead atoms. The van der Waals surface area contributed by atoms with Crippen molar-refractivity contribution in [2.75, 3.05) is 18.6 Å². The third kappa shape index (κ3) is 1.23. The lowest BCUT2D eigenvalue weighted by molar-refractivity contribution is 0.415. The summed E-state index contributed by atoms with van der Waals surface area (Å²) in [4.78, 5) is 2.43.